The minimum absolute atomic E-state index is 0.0408. The molecule has 5 nitrogen and oxygen atoms in total. The molecule has 7 heteroatoms. The third-order valence-corrected chi connectivity index (χ3v) is 6.11. The molecule has 1 heterocycles. The molecule has 0 aliphatic carbocycles. The predicted octanol–water partition coefficient (Wildman–Crippen LogP) is 3.47. The number of amides is 1. The van der Waals surface area contributed by atoms with Gasteiger partial charge in [0.1, 0.15) is 0 Å². The Morgan fingerprint density at radius 1 is 1.04 bits per heavy atom. The average molecular weight is 386 g/mol. The van der Waals surface area contributed by atoms with Crippen LogP contribution in [0.5, 0.6) is 0 Å². The summed E-state index contributed by atoms with van der Waals surface area (Å²) >= 11 is 1.39. The van der Waals surface area contributed by atoms with Crippen LogP contribution in [0.2, 0.25) is 0 Å². The number of nitrogens with one attached hydrogen (secondary N) is 1. The number of nitrogens with zero attached hydrogens (tertiary/aromatic N) is 1. The lowest BCUT2D eigenvalue weighted by molar-refractivity contribution is -0.118. The molecule has 0 spiro atoms. The van der Waals surface area contributed by atoms with E-state index >= 15 is 0 Å². The van der Waals surface area contributed by atoms with Crippen molar-refractivity contribution in [2.75, 3.05) is 0 Å². The Morgan fingerprint density at radius 3 is 2.35 bits per heavy atom. The molecule has 1 aromatic heterocycles. The summed E-state index contributed by atoms with van der Waals surface area (Å²) in [5, 5.41) is 0.827. The highest BCUT2D eigenvalue weighted by Gasteiger charge is 2.20. The lowest BCUT2D eigenvalue weighted by atomic mass is 10.1. The number of sulfonamides is 1. The van der Waals surface area contributed by atoms with Crippen molar-refractivity contribution >= 4 is 27.3 Å². The van der Waals surface area contributed by atoms with Crippen molar-refractivity contribution in [1.82, 2.24) is 9.71 Å². The maximum atomic E-state index is 12.4. The molecule has 0 radical (unpaired) electrons. The van der Waals surface area contributed by atoms with E-state index in [2.05, 4.69) is 9.71 Å². The number of rotatable bonds is 5. The second kappa shape index (κ2) is 7.39. The number of aromatic nitrogens is 1. The summed E-state index contributed by atoms with van der Waals surface area (Å²) in [5.41, 5.74) is 2.57. The van der Waals surface area contributed by atoms with Crippen LogP contribution >= 0.6 is 11.3 Å². The standard InChI is InChI=1S/C19H18N2O3S2/c1-13-8-10-16(11-9-13)26(23,24)21-18(22)12-17-19(20-14(2)25-17)15-6-4-3-5-7-15/h3-11H,12H2,1-2H3,(H,21,22). The monoisotopic (exact) mass is 386 g/mol. The van der Waals surface area contributed by atoms with Crippen molar-refractivity contribution in [3.8, 4) is 11.3 Å². The van der Waals surface area contributed by atoms with Gasteiger partial charge in [-0.25, -0.2) is 18.1 Å². The van der Waals surface area contributed by atoms with Crippen LogP contribution in [0, 0.1) is 13.8 Å². The zero-order valence-corrected chi connectivity index (χ0v) is 16.0. The summed E-state index contributed by atoms with van der Waals surface area (Å²) in [6.45, 7) is 3.73. The topological polar surface area (TPSA) is 76.1 Å². The Bertz CT molecular complexity index is 1020. The van der Waals surface area contributed by atoms with E-state index in [-0.39, 0.29) is 11.3 Å². The Labute approximate surface area is 156 Å². The van der Waals surface area contributed by atoms with Gasteiger partial charge in [-0.3, -0.25) is 4.79 Å². The lowest BCUT2D eigenvalue weighted by Crippen LogP contribution is -2.31. The zero-order chi connectivity index (χ0) is 18.7. The minimum Gasteiger partial charge on any atom is -0.274 e. The van der Waals surface area contributed by atoms with Crippen molar-refractivity contribution in [2.24, 2.45) is 0 Å². The highest BCUT2D eigenvalue weighted by molar-refractivity contribution is 7.90. The number of hydrogen-bond donors (Lipinski definition) is 1. The maximum Gasteiger partial charge on any atom is 0.264 e. The summed E-state index contributed by atoms with van der Waals surface area (Å²) < 4.78 is 26.9. The van der Waals surface area contributed by atoms with Crippen LogP contribution in [0.4, 0.5) is 0 Å². The molecule has 3 rings (SSSR count). The largest absolute Gasteiger partial charge is 0.274 e. The first-order valence-electron chi connectivity index (χ1n) is 7.99. The zero-order valence-electron chi connectivity index (χ0n) is 14.4. The van der Waals surface area contributed by atoms with E-state index in [1.54, 1.807) is 12.1 Å². The first-order valence-corrected chi connectivity index (χ1v) is 10.3. The van der Waals surface area contributed by atoms with Gasteiger partial charge in [0.25, 0.3) is 10.0 Å². The number of hydrogen-bond acceptors (Lipinski definition) is 5. The molecule has 3 aromatic rings. The molecule has 0 atom stereocenters. The molecule has 0 saturated carbocycles. The van der Waals surface area contributed by atoms with E-state index in [4.69, 9.17) is 0 Å². The number of thiazole rings is 1. The Morgan fingerprint density at radius 2 is 1.69 bits per heavy atom. The van der Waals surface area contributed by atoms with Gasteiger partial charge < -0.3 is 0 Å². The van der Waals surface area contributed by atoms with Gasteiger partial charge in [-0.1, -0.05) is 48.0 Å². The molecule has 1 amide bonds. The highest BCUT2D eigenvalue weighted by atomic mass is 32.2. The molecule has 0 fully saturated rings. The van der Waals surface area contributed by atoms with Gasteiger partial charge in [0.05, 0.1) is 22.0 Å². The summed E-state index contributed by atoms with van der Waals surface area (Å²) in [6, 6.07) is 15.9. The smallest absolute Gasteiger partial charge is 0.264 e. The molecule has 1 N–H and O–H groups in total. The van der Waals surface area contributed by atoms with Crippen LogP contribution in [0.25, 0.3) is 11.3 Å². The highest BCUT2D eigenvalue weighted by Crippen LogP contribution is 2.28. The summed E-state index contributed by atoms with van der Waals surface area (Å²) in [7, 11) is -3.88. The van der Waals surface area contributed by atoms with Crippen molar-refractivity contribution in [2.45, 2.75) is 25.2 Å². The van der Waals surface area contributed by atoms with Crippen molar-refractivity contribution in [1.29, 1.82) is 0 Å². The van der Waals surface area contributed by atoms with Crippen LogP contribution in [0.1, 0.15) is 15.4 Å². The quantitative estimate of drug-likeness (QED) is 0.728. The van der Waals surface area contributed by atoms with E-state index in [0.717, 1.165) is 26.7 Å². The van der Waals surface area contributed by atoms with Gasteiger partial charge in [-0.05, 0) is 26.0 Å². The van der Waals surface area contributed by atoms with Crippen LogP contribution in [-0.2, 0) is 21.2 Å². The predicted molar refractivity (Wildman–Crippen MR) is 102 cm³/mol. The van der Waals surface area contributed by atoms with Crippen LogP contribution in [0.15, 0.2) is 59.5 Å². The van der Waals surface area contributed by atoms with E-state index in [9.17, 15) is 13.2 Å². The number of benzene rings is 2. The van der Waals surface area contributed by atoms with E-state index < -0.39 is 15.9 Å². The molecule has 0 aliphatic rings. The van der Waals surface area contributed by atoms with E-state index in [1.807, 2.05) is 44.2 Å². The normalized spacial score (nSPS) is 11.3. The molecule has 0 saturated heterocycles. The molecular weight excluding hydrogens is 368 g/mol. The van der Waals surface area contributed by atoms with Crippen molar-refractivity contribution < 1.29 is 13.2 Å². The van der Waals surface area contributed by atoms with Gasteiger partial charge in [-0.15, -0.1) is 11.3 Å². The summed E-state index contributed by atoms with van der Waals surface area (Å²) in [6.07, 6.45) is -0.0408. The van der Waals surface area contributed by atoms with Crippen LogP contribution < -0.4 is 4.72 Å². The van der Waals surface area contributed by atoms with Crippen molar-refractivity contribution in [3.05, 3.63) is 70.0 Å². The summed E-state index contributed by atoms with van der Waals surface area (Å²) in [4.78, 5) is 17.6. The molecule has 0 aliphatic heterocycles. The van der Waals surface area contributed by atoms with Gasteiger partial charge in [0, 0.05) is 10.4 Å². The first kappa shape index (κ1) is 18.3. The molecule has 0 unspecified atom stereocenters. The molecule has 134 valence electrons. The minimum atomic E-state index is -3.88. The second-order valence-electron chi connectivity index (χ2n) is 5.89. The van der Waals surface area contributed by atoms with Gasteiger partial charge >= 0.3 is 0 Å². The Balaban J connectivity index is 1.80. The first-order chi connectivity index (χ1) is 12.3. The third kappa shape index (κ3) is 4.17. The van der Waals surface area contributed by atoms with E-state index in [0.29, 0.717) is 0 Å². The van der Waals surface area contributed by atoms with Gasteiger partial charge in [-0.2, -0.15) is 0 Å². The average Bonchev–Trinajstić information content (AvgIpc) is 2.95. The maximum absolute atomic E-state index is 12.4. The number of carbonyl (C=O) groups is 1. The molecule has 0 bridgehead atoms. The third-order valence-electron chi connectivity index (χ3n) is 3.75. The fourth-order valence-corrected chi connectivity index (χ4v) is 4.46. The van der Waals surface area contributed by atoms with Crippen LogP contribution in [0.3, 0.4) is 0 Å². The Hall–Kier alpha value is -2.51. The summed E-state index contributed by atoms with van der Waals surface area (Å²) in [5.74, 6) is -0.577. The van der Waals surface area contributed by atoms with Gasteiger partial charge in [0.2, 0.25) is 5.91 Å². The fraction of sp³-hybridized carbons (Fsp3) is 0.158. The SMILES string of the molecule is Cc1ccc(S(=O)(=O)NC(=O)Cc2sc(C)nc2-c2ccccc2)cc1. The Kier molecular flexibility index (Phi) is 5.20. The second-order valence-corrected chi connectivity index (χ2v) is 8.86. The molecule has 26 heavy (non-hydrogen) atoms. The van der Waals surface area contributed by atoms with Crippen molar-refractivity contribution in [3.63, 3.8) is 0 Å². The van der Waals surface area contributed by atoms with Gasteiger partial charge in [0.15, 0.2) is 0 Å². The number of carbonyl (C=O) groups excluding carboxylic acids is 1. The number of aryl methyl sites for hydroxylation is 2. The fourth-order valence-electron chi connectivity index (χ4n) is 2.52. The molecule has 2 aromatic carbocycles. The van der Waals surface area contributed by atoms with Crippen LogP contribution in [-0.4, -0.2) is 19.3 Å². The molecular formula is C19H18N2O3S2. The van der Waals surface area contributed by atoms with E-state index in [1.165, 1.54) is 23.5 Å². The lowest BCUT2D eigenvalue weighted by Gasteiger charge is -2.07.